The van der Waals surface area contributed by atoms with Crippen LogP contribution >= 0.6 is 0 Å². The largest absolute Gasteiger partial charge is 0.378 e. The Morgan fingerprint density at radius 3 is 2.26 bits per heavy atom. The van der Waals surface area contributed by atoms with E-state index < -0.39 is 0 Å². The average Bonchev–Trinajstić information content (AvgIpc) is 2.63. The summed E-state index contributed by atoms with van der Waals surface area (Å²) in [5, 5.41) is 5.46. The van der Waals surface area contributed by atoms with Gasteiger partial charge in [-0.2, -0.15) is 0 Å². The number of benzene rings is 2. The number of hydrogen-bond acceptors (Lipinski definition) is 3. The predicted molar refractivity (Wildman–Crippen MR) is 111 cm³/mol. The number of anilines is 2. The van der Waals surface area contributed by atoms with E-state index in [0.29, 0.717) is 6.42 Å². The smallest absolute Gasteiger partial charge is 0.243 e. The molecule has 0 aliphatic rings. The first-order chi connectivity index (χ1) is 12.8. The molecule has 27 heavy (non-hydrogen) atoms. The van der Waals surface area contributed by atoms with Crippen molar-refractivity contribution >= 4 is 23.2 Å². The van der Waals surface area contributed by atoms with Crippen LogP contribution in [0.4, 0.5) is 11.4 Å². The Bertz CT molecular complexity index is 783. The number of amides is 2. The van der Waals surface area contributed by atoms with Gasteiger partial charge in [-0.15, -0.1) is 0 Å². The number of hydrogen-bond donors (Lipinski definition) is 2. The molecule has 5 heteroatoms. The molecular formula is C22H29N3O2. The topological polar surface area (TPSA) is 61.4 Å². The summed E-state index contributed by atoms with van der Waals surface area (Å²) in [5.74, 6) is -0.327. The van der Waals surface area contributed by atoms with E-state index in [0.717, 1.165) is 24.2 Å². The fourth-order valence-corrected chi connectivity index (χ4v) is 2.73. The zero-order valence-electron chi connectivity index (χ0n) is 16.6. The van der Waals surface area contributed by atoms with Crippen molar-refractivity contribution in [1.29, 1.82) is 0 Å². The zero-order valence-corrected chi connectivity index (χ0v) is 16.6. The number of carbonyl (C=O) groups is 2. The van der Waals surface area contributed by atoms with Crippen molar-refractivity contribution in [3.05, 3.63) is 59.2 Å². The molecule has 0 unspecified atom stereocenters. The number of rotatable bonds is 8. The first-order valence-corrected chi connectivity index (χ1v) is 9.25. The maximum absolute atomic E-state index is 12.0. The van der Waals surface area contributed by atoms with Crippen molar-refractivity contribution in [2.75, 3.05) is 30.9 Å². The van der Waals surface area contributed by atoms with Crippen LogP contribution in [0.2, 0.25) is 0 Å². The maximum Gasteiger partial charge on any atom is 0.243 e. The van der Waals surface area contributed by atoms with Crippen molar-refractivity contribution in [3.8, 4) is 0 Å². The van der Waals surface area contributed by atoms with Crippen molar-refractivity contribution in [3.63, 3.8) is 0 Å². The quantitative estimate of drug-likeness (QED) is 0.751. The molecule has 0 radical (unpaired) electrons. The van der Waals surface area contributed by atoms with Crippen LogP contribution in [-0.2, 0) is 16.0 Å². The van der Waals surface area contributed by atoms with Crippen LogP contribution in [0.5, 0.6) is 0 Å². The minimum absolute atomic E-state index is 0.0160. The van der Waals surface area contributed by atoms with E-state index >= 15 is 0 Å². The Morgan fingerprint density at radius 2 is 1.63 bits per heavy atom. The van der Waals surface area contributed by atoms with Crippen LogP contribution in [0.3, 0.4) is 0 Å². The van der Waals surface area contributed by atoms with E-state index in [1.54, 1.807) is 0 Å². The van der Waals surface area contributed by atoms with Crippen LogP contribution < -0.4 is 15.5 Å². The van der Waals surface area contributed by atoms with E-state index in [4.69, 9.17) is 0 Å². The van der Waals surface area contributed by atoms with Crippen molar-refractivity contribution < 1.29 is 9.59 Å². The second-order valence-electron chi connectivity index (χ2n) is 7.04. The first-order valence-electron chi connectivity index (χ1n) is 9.25. The lowest BCUT2D eigenvalue weighted by Crippen LogP contribution is -2.32. The monoisotopic (exact) mass is 367 g/mol. The van der Waals surface area contributed by atoms with Crippen LogP contribution in [-0.4, -0.2) is 32.5 Å². The lowest BCUT2D eigenvalue weighted by atomic mass is 10.0. The molecule has 0 bridgehead atoms. The summed E-state index contributed by atoms with van der Waals surface area (Å²) in [6.45, 7) is 4.17. The van der Waals surface area contributed by atoms with Gasteiger partial charge in [-0.3, -0.25) is 9.59 Å². The Morgan fingerprint density at radius 1 is 0.926 bits per heavy atom. The number of carbonyl (C=O) groups excluding carboxylic acids is 2. The predicted octanol–water partition coefficient (Wildman–Crippen LogP) is 3.45. The molecule has 2 N–H and O–H groups in total. The molecule has 0 aromatic heterocycles. The summed E-state index contributed by atoms with van der Waals surface area (Å²) in [5.41, 5.74) is 5.57. The average molecular weight is 367 g/mol. The highest BCUT2D eigenvalue weighted by atomic mass is 16.2. The fraction of sp³-hybridized carbons (Fsp3) is 0.364. The highest BCUT2D eigenvalue weighted by Crippen LogP contribution is 2.15. The molecule has 5 nitrogen and oxygen atoms in total. The molecule has 2 aromatic carbocycles. The van der Waals surface area contributed by atoms with E-state index in [1.807, 2.05) is 43.3 Å². The number of nitrogens with zero attached hydrogens (tertiary/aromatic N) is 1. The molecule has 0 spiro atoms. The van der Waals surface area contributed by atoms with Gasteiger partial charge in [0.2, 0.25) is 11.8 Å². The summed E-state index contributed by atoms with van der Waals surface area (Å²) in [6.07, 6.45) is 2.04. The molecule has 0 heterocycles. The summed E-state index contributed by atoms with van der Waals surface area (Å²) in [6, 6.07) is 13.9. The van der Waals surface area contributed by atoms with Gasteiger partial charge in [-0.05, 0) is 67.6 Å². The second-order valence-corrected chi connectivity index (χ2v) is 7.04. The molecule has 0 aliphatic carbocycles. The van der Waals surface area contributed by atoms with Crippen molar-refractivity contribution in [1.82, 2.24) is 5.32 Å². The van der Waals surface area contributed by atoms with Gasteiger partial charge in [-0.25, -0.2) is 0 Å². The molecule has 2 rings (SSSR count). The Kier molecular flexibility index (Phi) is 7.41. The Labute approximate surface area is 161 Å². The molecule has 0 saturated carbocycles. The highest BCUT2D eigenvalue weighted by molar-refractivity contribution is 5.94. The van der Waals surface area contributed by atoms with Gasteiger partial charge < -0.3 is 15.5 Å². The summed E-state index contributed by atoms with van der Waals surface area (Å²) in [7, 11) is 3.92. The normalized spacial score (nSPS) is 10.4. The van der Waals surface area contributed by atoms with E-state index in [1.165, 1.54) is 16.7 Å². The number of nitrogens with one attached hydrogen (secondary N) is 2. The third-order valence-corrected chi connectivity index (χ3v) is 4.55. The number of aryl methyl sites for hydroxylation is 3. The Balaban J connectivity index is 1.68. The van der Waals surface area contributed by atoms with Gasteiger partial charge in [0.1, 0.15) is 0 Å². The summed E-state index contributed by atoms with van der Waals surface area (Å²) in [4.78, 5) is 25.9. The summed E-state index contributed by atoms with van der Waals surface area (Å²) < 4.78 is 0. The minimum atomic E-state index is -0.227. The van der Waals surface area contributed by atoms with E-state index in [2.05, 4.69) is 42.7 Å². The van der Waals surface area contributed by atoms with Gasteiger partial charge in [0.25, 0.3) is 0 Å². The van der Waals surface area contributed by atoms with Crippen molar-refractivity contribution in [2.24, 2.45) is 0 Å². The molecule has 0 fully saturated rings. The standard InChI is InChI=1S/C22H29N3O2/c1-16-8-9-18(14-17(16)2)6-5-7-21(26)23-15-22(27)24-19-10-12-20(13-11-19)25(3)4/h8-14H,5-7,15H2,1-4H3,(H,23,26)(H,24,27). The van der Waals surface area contributed by atoms with Gasteiger partial charge in [0, 0.05) is 31.9 Å². The molecule has 0 atom stereocenters. The van der Waals surface area contributed by atoms with E-state index in [-0.39, 0.29) is 18.4 Å². The fourth-order valence-electron chi connectivity index (χ4n) is 2.73. The zero-order chi connectivity index (χ0) is 19.8. The van der Waals surface area contributed by atoms with Gasteiger partial charge in [0.15, 0.2) is 0 Å². The lowest BCUT2D eigenvalue weighted by molar-refractivity contribution is -0.124. The van der Waals surface area contributed by atoms with Crippen LogP contribution in [0.1, 0.15) is 29.5 Å². The highest BCUT2D eigenvalue weighted by Gasteiger charge is 2.07. The van der Waals surface area contributed by atoms with Crippen LogP contribution in [0.25, 0.3) is 0 Å². The molecule has 2 aromatic rings. The maximum atomic E-state index is 12.0. The molecular weight excluding hydrogens is 338 g/mol. The van der Waals surface area contributed by atoms with Gasteiger partial charge >= 0.3 is 0 Å². The minimum Gasteiger partial charge on any atom is -0.378 e. The summed E-state index contributed by atoms with van der Waals surface area (Å²) >= 11 is 0. The van der Waals surface area contributed by atoms with E-state index in [9.17, 15) is 9.59 Å². The van der Waals surface area contributed by atoms with Crippen LogP contribution in [0, 0.1) is 13.8 Å². The molecule has 0 saturated heterocycles. The molecule has 2 amide bonds. The van der Waals surface area contributed by atoms with Gasteiger partial charge in [0.05, 0.1) is 6.54 Å². The first kappa shape index (κ1) is 20.5. The third kappa shape index (κ3) is 6.77. The molecule has 144 valence electrons. The SMILES string of the molecule is Cc1ccc(CCCC(=O)NCC(=O)Nc2ccc(N(C)C)cc2)cc1C. The van der Waals surface area contributed by atoms with Crippen LogP contribution in [0.15, 0.2) is 42.5 Å². The van der Waals surface area contributed by atoms with Crippen molar-refractivity contribution in [2.45, 2.75) is 33.1 Å². The molecule has 0 aliphatic heterocycles. The Hall–Kier alpha value is -2.82. The third-order valence-electron chi connectivity index (χ3n) is 4.55. The van der Waals surface area contributed by atoms with Gasteiger partial charge in [-0.1, -0.05) is 18.2 Å². The lowest BCUT2D eigenvalue weighted by Gasteiger charge is -2.13. The second kappa shape index (κ2) is 9.76.